The van der Waals surface area contributed by atoms with Gasteiger partial charge in [0.15, 0.2) is 0 Å². The van der Waals surface area contributed by atoms with Crippen LogP contribution in [-0.2, 0) is 0 Å². The molecule has 4 heteroatoms. The summed E-state index contributed by atoms with van der Waals surface area (Å²) in [4.78, 5) is 2.37. The van der Waals surface area contributed by atoms with Gasteiger partial charge in [-0.2, -0.15) is 0 Å². The fourth-order valence-electron chi connectivity index (χ4n) is 2.83. The molecular weight excluding hydrogens is 188 g/mol. The molecule has 1 saturated carbocycles. The molecule has 0 spiro atoms. The van der Waals surface area contributed by atoms with Gasteiger partial charge in [0.25, 0.3) is 0 Å². The van der Waals surface area contributed by atoms with Crippen LogP contribution in [0.2, 0.25) is 0 Å². The number of nitrogens with zero attached hydrogens (tertiary/aromatic N) is 2. The Bertz CT molecular complexity index is 205. The zero-order chi connectivity index (χ0) is 10.9. The van der Waals surface area contributed by atoms with Gasteiger partial charge in [-0.3, -0.25) is 0 Å². The number of hydrazine groups is 1. The zero-order valence-corrected chi connectivity index (χ0v) is 10.00. The fraction of sp³-hybridized carbons (Fsp3) is 1.00. The minimum absolute atomic E-state index is 0.218. The molecule has 0 amide bonds. The van der Waals surface area contributed by atoms with Crippen molar-refractivity contribution in [3.63, 3.8) is 0 Å². The number of nitrogens with one attached hydrogen (secondary N) is 1. The van der Waals surface area contributed by atoms with Gasteiger partial charge in [-0.05, 0) is 25.8 Å². The molecule has 88 valence electrons. The lowest BCUT2D eigenvalue weighted by atomic mass is 9.69. The lowest BCUT2D eigenvalue weighted by Gasteiger charge is -2.50. The van der Waals surface area contributed by atoms with E-state index in [1.807, 2.05) is 0 Å². The topological polar surface area (TPSA) is 44.5 Å². The molecule has 3 N–H and O–H groups in total. The SMILES string of the molecule is CC1CC(CN)(NN2CCN(C)CC2)C1. The smallest absolute Gasteiger partial charge is 0.0453 e. The Labute approximate surface area is 92.8 Å². The molecule has 1 heterocycles. The summed E-state index contributed by atoms with van der Waals surface area (Å²) >= 11 is 0. The van der Waals surface area contributed by atoms with Crippen LogP contribution in [0, 0.1) is 5.92 Å². The minimum atomic E-state index is 0.218. The Kier molecular flexibility index (Phi) is 3.30. The third-order valence-electron chi connectivity index (χ3n) is 3.77. The lowest BCUT2D eigenvalue weighted by Crippen LogP contribution is -2.66. The Balaban J connectivity index is 1.80. The fourth-order valence-corrected chi connectivity index (χ4v) is 2.83. The molecule has 1 aliphatic carbocycles. The van der Waals surface area contributed by atoms with E-state index in [-0.39, 0.29) is 5.54 Å². The molecule has 0 radical (unpaired) electrons. The predicted molar refractivity (Wildman–Crippen MR) is 62.4 cm³/mol. The third-order valence-corrected chi connectivity index (χ3v) is 3.77. The highest BCUT2D eigenvalue weighted by atomic mass is 15.6. The maximum absolute atomic E-state index is 5.88. The molecule has 0 aromatic carbocycles. The maximum Gasteiger partial charge on any atom is 0.0453 e. The predicted octanol–water partition coefficient (Wildman–Crippen LogP) is -0.134. The lowest BCUT2D eigenvalue weighted by molar-refractivity contribution is -0.000395. The van der Waals surface area contributed by atoms with E-state index in [4.69, 9.17) is 5.73 Å². The van der Waals surface area contributed by atoms with Gasteiger partial charge < -0.3 is 10.6 Å². The summed E-state index contributed by atoms with van der Waals surface area (Å²) in [5.41, 5.74) is 9.74. The molecule has 1 saturated heterocycles. The maximum atomic E-state index is 5.88. The van der Waals surface area contributed by atoms with Crippen molar-refractivity contribution >= 4 is 0 Å². The molecule has 2 fully saturated rings. The van der Waals surface area contributed by atoms with Gasteiger partial charge in [-0.1, -0.05) is 6.92 Å². The van der Waals surface area contributed by atoms with E-state index in [0.29, 0.717) is 0 Å². The molecule has 2 aliphatic rings. The summed E-state index contributed by atoms with van der Waals surface area (Å²) in [5.74, 6) is 0.841. The van der Waals surface area contributed by atoms with Crippen molar-refractivity contribution in [3.8, 4) is 0 Å². The molecule has 15 heavy (non-hydrogen) atoms. The molecule has 0 aromatic rings. The van der Waals surface area contributed by atoms with Crippen LogP contribution in [0.1, 0.15) is 19.8 Å². The Hall–Kier alpha value is -0.160. The minimum Gasteiger partial charge on any atom is -0.329 e. The normalized spacial score (nSPS) is 39.0. The first kappa shape index (κ1) is 11.3. The van der Waals surface area contributed by atoms with E-state index in [1.54, 1.807) is 0 Å². The van der Waals surface area contributed by atoms with Gasteiger partial charge in [0.1, 0.15) is 0 Å². The second-order valence-electron chi connectivity index (χ2n) is 5.40. The van der Waals surface area contributed by atoms with E-state index in [9.17, 15) is 0 Å². The quantitative estimate of drug-likeness (QED) is 0.684. The summed E-state index contributed by atoms with van der Waals surface area (Å²) in [6.07, 6.45) is 2.46. The first-order chi connectivity index (χ1) is 7.13. The second-order valence-corrected chi connectivity index (χ2v) is 5.40. The van der Waals surface area contributed by atoms with E-state index in [2.05, 4.69) is 29.3 Å². The molecule has 2 rings (SSSR count). The van der Waals surface area contributed by atoms with Crippen LogP contribution in [0.3, 0.4) is 0 Å². The van der Waals surface area contributed by atoms with Crippen LogP contribution in [0.15, 0.2) is 0 Å². The number of nitrogens with two attached hydrogens (primary N) is 1. The number of hydrogen-bond donors (Lipinski definition) is 2. The largest absolute Gasteiger partial charge is 0.329 e. The molecule has 0 bridgehead atoms. The molecule has 0 atom stereocenters. The third kappa shape index (κ3) is 2.50. The first-order valence-electron chi connectivity index (χ1n) is 6.05. The number of piperazine rings is 1. The van der Waals surface area contributed by atoms with Gasteiger partial charge >= 0.3 is 0 Å². The Morgan fingerprint density at radius 1 is 1.27 bits per heavy atom. The molecule has 1 aliphatic heterocycles. The summed E-state index contributed by atoms with van der Waals surface area (Å²) < 4.78 is 0. The monoisotopic (exact) mass is 212 g/mol. The van der Waals surface area contributed by atoms with Crippen LogP contribution in [-0.4, -0.2) is 55.2 Å². The summed E-state index contributed by atoms with van der Waals surface area (Å²) in [6, 6.07) is 0. The van der Waals surface area contributed by atoms with Crippen LogP contribution < -0.4 is 11.2 Å². The Morgan fingerprint density at radius 2 is 1.87 bits per heavy atom. The van der Waals surface area contributed by atoms with Crippen molar-refractivity contribution in [1.82, 2.24) is 15.3 Å². The molecule has 0 unspecified atom stereocenters. The Morgan fingerprint density at radius 3 is 2.33 bits per heavy atom. The summed E-state index contributed by atoms with van der Waals surface area (Å²) in [5, 5.41) is 2.36. The van der Waals surface area contributed by atoms with Gasteiger partial charge in [-0.25, -0.2) is 10.4 Å². The van der Waals surface area contributed by atoms with E-state index in [0.717, 1.165) is 38.6 Å². The highest BCUT2D eigenvalue weighted by Gasteiger charge is 2.42. The van der Waals surface area contributed by atoms with Crippen LogP contribution in [0.4, 0.5) is 0 Å². The second kappa shape index (κ2) is 4.37. The van der Waals surface area contributed by atoms with E-state index in [1.165, 1.54) is 12.8 Å². The zero-order valence-electron chi connectivity index (χ0n) is 10.00. The highest BCUT2D eigenvalue weighted by molar-refractivity contribution is 4.99. The van der Waals surface area contributed by atoms with Crippen molar-refractivity contribution in [1.29, 1.82) is 0 Å². The van der Waals surface area contributed by atoms with Crippen molar-refractivity contribution in [2.24, 2.45) is 11.7 Å². The van der Waals surface area contributed by atoms with Gasteiger partial charge in [0.05, 0.1) is 0 Å². The van der Waals surface area contributed by atoms with Crippen molar-refractivity contribution in [3.05, 3.63) is 0 Å². The summed E-state index contributed by atoms with van der Waals surface area (Å²) in [7, 11) is 2.18. The molecule has 4 nitrogen and oxygen atoms in total. The van der Waals surface area contributed by atoms with Gasteiger partial charge in [0.2, 0.25) is 0 Å². The average Bonchev–Trinajstić information content (AvgIpc) is 2.18. The number of hydrogen-bond acceptors (Lipinski definition) is 4. The van der Waals surface area contributed by atoms with Gasteiger partial charge in [0, 0.05) is 38.3 Å². The number of likely N-dealkylation sites (N-methyl/N-ethyl adjacent to an activating group) is 1. The van der Waals surface area contributed by atoms with Gasteiger partial charge in [-0.15, -0.1) is 0 Å². The molecule has 0 aromatic heterocycles. The van der Waals surface area contributed by atoms with Crippen molar-refractivity contribution in [2.75, 3.05) is 39.8 Å². The average molecular weight is 212 g/mol. The standard InChI is InChI=1S/C11H24N4/c1-10-7-11(8-10,9-12)13-15-5-3-14(2)4-6-15/h10,13H,3-9,12H2,1-2H3. The van der Waals surface area contributed by atoms with Crippen LogP contribution in [0.25, 0.3) is 0 Å². The first-order valence-corrected chi connectivity index (χ1v) is 6.05. The summed E-state index contributed by atoms with van der Waals surface area (Å²) in [6.45, 7) is 7.62. The van der Waals surface area contributed by atoms with Crippen LogP contribution >= 0.6 is 0 Å². The molecular formula is C11H24N4. The van der Waals surface area contributed by atoms with Crippen molar-refractivity contribution in [2.45, 2.75) is 25.3 Å². The van der Waals surface area contributed by atoms with E-state index < -0.39 is 0 Å². The van der Waals surface area contributed by atoms with Crippen molar-refractivity contribution < 1.29 is 0 Å². The van der Waals surface area contributed by atoms with Crippen LogP contribution in [0.5, 0.6) is 0 Å². The highest BCUT2D eigenvalue weighted by Crippen LogP contribution is 2.36. The van der Waals surface area contributed by atoms with E-state index >= 15 is 0 Å². The number of rotatable bonds is 3.